The molecule has 0 amide bonds. The maximum Gasteiger partial charge on any atom is 0.433 e. The predicted octanol–water partition coefficient (Wildman–Crippen LogP) is 2.34. The monoisotopic (exact) mass is 310 g/mol. The molecular formula is C13H13F3N6. The lowest BCUT2D eigenvalue weighted by molar-refractivity contribution is -0.141. The molecule has 0 saturated heterocycles. The van der Waals surface area contributed by atoms with Crippen molar-refractivity contribution >= 4 is 11.5 Å². The van der Waals surface area contributed by atoms with Gasteiger partial charge in [-0.1, -0.05) is 0 Å². The van der Waals surface area contributed by atoms with E-state index in [1.165, 1.54) is 0 Å². The minimum atomic E-state index is -4.51. The third kappa shape index (κ3) is 2.54. The fraction of sp³-hybridized carbons (Fsp3) is 0.308. The molecule has 116 valence electrons. The molecule has 2 aromatic rings. The van der Waals surface area contributed by atoms with Gasteiger partial charge in [-0.3, -0.25) is 0 Å². The number of hydrogen-bond acceptors (Lipinski definition) is 6. The van der Waals surface area contributed by atoms with Crippen molar-refractivity contribution in [2.24, 2.45) is 0 Å². The Morgan fingerprint density at radius 3 is 2.82 bits per heavy atom. The molecule has 0 aromatic carbocycles. The fourth-order valence-electron chi connectivity index (χ4n) is 2.31. The fourth-order valence-corrected chi connectivity index (χ4v) is 2.31. The molecule has 3 rings (SSSR count). The van der Waals surface area contributed by atoms with Crippen molar-refractivity contribution in [3.05, 3.63) is 41.6 Å². The van der Waals surface area contributed by atoms with E-state index in [0.29, 0.717) is 12.4 Å². The van der Waals surface area contributed by atoms with Crippen LogP contribution in [0.25, 0.3) is 0 Å². The van der Waals surface area contributed by atoms with Gasteiger partial charge >= 0.3 is 6.18 Å². The second-order valence-electron chi connectivity index (χ2n) is 4.68. The molecule has 0 bridgehead atoms. The summed E-state index contributed by atoms with van der Waals surface area (Å²) in [5.41, 5.74) is 6.60. The number of hydrogen-bond donors (Lipinski definition) is 3. The molecule has 0 spiro atoms. The maximum absolute atomic E-state index is 12.8. The highest BCUT2D eigenvalue weighted by molar-refractivity contribution is 5.67. The number of anilines is 2. The lowest BCUT2D eigenvalue weighted by atomic mass is 10.0. The number of alkyl halides is 3. The van der Waals surface area contributed by atoms with Crippen LogP contribution in [0.5, 0.6) is 0 Å². The molecule has 9 heteroatoms. The van der Waals surface area contributed by atoms with Gasteiger partial charge in [-0.05, 0) is 19.1 Å². The van der Waals surface area contributed by atoms with Gasteiger partial charge in [0.1, 0.15) is 17.8 Å². The number of nitrogens with zero attached hydrogens (tertiary/aromatic N) is 3. The highest BCUT2D eigenvalue weighted by atomic mass is 19.4. The Bertz CT molecular complexity index is 688. The standard InChI is InChI=1S/C13H13F3N6/c1-2-17-12-10-7(3-4-18-12)21-22-11(10)8-5-9(13(14,15)16)20-6-19-8/h3-6,11,21-22H,2H2,1H3,(H,17,18). The lowest BCUT2D eigenvalue weighted by Gasteiger charge is -2.15. The Balaban J connectivity index is 2.03. The van der Waals surface area contributed by atoms with Gasteiger partial charge in [0.2, 0.25) is 0 Å². The molecule has 6 nitrogen and oxygen atoms in total. The number of fused-ring (bicyclic) bond motifs is 1. The normalized spacial score (nSPS) is 17.0. The summed E-state index contributed by atoms with van der Waals surface area (Å²) in [6.07, 6.45) is -1.97. The molecule has 3 N–H and O–H groups in total. The van der Waals surface area contributed by atoms with Gasteiger partial charge in [-0.2, -0.15) is 13.2 Å². The maximum atomic E-state index is 12.8. The van der Waals surface area contributed by atoms with Gasteiger partial charge in [0, 0.05) is 18.3 Å². The third-order valence-electron chi connectivity index (χ3n) is 3.25. The molecule has 0 aliphatic carbocycles. The van der Waals surface area contributed by atoms with Crippen LogP contribution in [0.2, 0.25) is 0 Å². The summed E-state index contributed by atoms with van der Waals surface area (Å²) in [7, 11) is 0. The van der Waals surface area contributed by atoms with Gasteiger partial charge in [0.05, 0.1) is 17.4 Å². The number of nitrogens with one attached hydrogen (secondary N) is 3. The Morgan fingerprint density at radius 1 is 1.27 bits per heavy atom. The summed E-state index contributed by atoms with van der Waals surface area (Å²) < 4.78 is 38.4. The van der Waals surface area contributed by atoms with Crippen LogP contribution in [0.3, 0.4) is 0 Å². The molecule has 22 heavy (non-hydrogen) atoms. The van der Waals surface area contributed by atoms with Crippen LogP contribution in [0.15, 0.2) is 24.7 Å². The first kappa shape index (κ1) is 14.5. The summed E-state index contributed by atoms with van der Waals surface area (Å²) >= 11 is 0. The molecule has 1 aliphatic rings. The molecule has 0 saturated carbocycles. The van der Waals surface area contributed by atoms with Crippen LogP contribution >= 0.6 is 0 Å². The van der Waals surface area contributed by atoms with E-state index in [9.17, 15) is 13.2 Å². The van der Waals surface area contributed by atoms with Gasteiger partial charge in [0.15, 0.2) is 0 Å². The first-order valence-corrected chi connectivity index (χ1v) is 6.64. The average Bonchev–Trinajstić information content (AvgIpc) is 2.92. The van der Waals surface area contributed by atoms with Crippen molar-refractivity contribution in [1.82, 2.24) is 20.4 Å². The molecular weight excluding hydrogens is 297 g/mol. The molecule has 1 aliphatic heterocycles. The second-order valence-corrected chi connectivity index (χ2v) is 4.68. The van der Waals surface area contributed by atoms with E-state index < -0.39 is 17.9 Å². The zero-order chi connectivity index (χ0) is 15.7. The number of pyridine rings is 1. The van der Waals surface area contributed by atoms with E-state index >= 15 is 0 Å². The predicted molar refractivity (Wildman–Crippen MR) is 74.0 cm³/mol. The summed E-state index contributed by atoms with van der Waals surface area (Å²) in [5, 5.41) is 3.10. The zero-order valence-electron chi connectivity index (χ0n) is 11.6. The first-order valence-electron chi connectivity index (χ1n) is 6.64. The number of aromatic nitrogens is 3. The van der Waals surface area contributed by atoms with Crippen LogP contribution in [-0.4, -0.2) is 21.5 Å². The molecule has 0 fully saturated rings. The van der Waals surface area contributed by atoms with Crippen molar-refractivity contribution in [3.8, 4) is 0 Å². The van der Waals surface area contributed by atoms with Crippen LogP contribution in [0.4, 0.5) is 24.7 Å². The summed E-state index contributed by atoms with van der Waals surface area (Å²) in [4.78, 5) is 11.5. The minimum Gasteiger partial charge on any atom is -0.370 e. The summed E-state index contributed by atoms with van der Waals surface area (Å²) in [6, 6.07) is 2.15. The highest BCUT2D eigenvalue weighted by Crippen LogP contribution is 2.37. The Labute approximate surface area is 124 Å². The molecule has 1 atom stereocenters. The largest absolute Gasteiger partial charge is 0.433 e. The summed E-state index contributed by atoms with van der Waals surface area (Å²) in [6.45, 7) is 2.56. The SMILES string of the molecule is CCNc1nccc2c1C(c1cc(C(F)(F)F)ncn1)NN2. The summed E-state index contributed by atoms with van der Waals surface area (Å²) in [5.74, 6) is 0.606. The number of halogens is 3. The van der Waals surface area contributed by atoms with E-state index in [0.717, 1.165) is 23.6 Å². The van der Waals surface area contributed by atoms with E-state index in [2.05, 4.69) is 31.1 Å². The van der Waals surface area contributed by atoms with Crippen molar-refractivity contribution in [3.63, 3.8) is 0 Å². The van der Waals surface area contributed by atoms with Crippen LogP contribution < -0.4 is 16.2 Å². The van der Waals surface area contributed by atoms with Crippen molar-refractivity contribution < 1.29 is 13.2 Å². The third-order valence-corrected chi connectivity index (χ3v) is 3.25. The van der Waals surface area contributed by atoms with Gasteiger partial charge in [0.25, 0.3) is 0 Å². The van der Waals surface area contributed by atoms with Crippen molar-refractivity contribution in [2.75, 3.05) is 17.3 Å². The van der Waals surface area contributed by atoms with E-state index in [1.54, 1.807) is 12.3 Å². The zero-order valence-corrected chi connectivity index (χ0v) is 11.6. The van der Waals surface area contributed by atoms with Crippen LogP contribution in [-0.2, 0) is 6.18 Å². The molecule has 2 aromatic heterocycles. The molecule has 3 heterocycles. The van der Waals surface area contributed by atoms with Crippen LogP contribution in [0, 0.1) is 0 Å². The Kier molecular flexibility index (Phi) is 3.57. The van der Waals surface area contributed by atoms with Gasteiger partial charge in [-0.25, -0.2) is 20.4 Å². The Hall–Kier alpha value is -2.42. The van der Waals surface area contributed by atoms with E-state index in [-0.39, 0.29) is 5.69 Å². The number of rotatable bonds is 3. The van der Waals surface area contributed by atoms with Gasteiger partial charge in [-0.15, -0.1) is 0 Å². The Morgan fingerprint density at radius 2 is 2.09 bits per heavy atom. The van der Waals surface area contributed by atoms with E-state index in [1.807, 2.05) is 6.92 Å². The minimum absolute atomic E-state index is 0.223. The first-order chi connectivity index (χ1) is 10.5. The molecule has 0 radical (unpaired) electrons. The van der Waals surface area contributed by atoms with Crippen molar-refractivity contribution in [2.45, 2.75) is 19.1 Å². The van der Waals surface area contributed by atoms with Gasteiger partial charge < -0.3 is 10.7 Å². The highest BCUT2D eigenvalue weighted by Gasteiger charge is 2.35. The quantitative estimate of drug-likeness (QED) is 0.808. The molecule has 1 unspecified atom stereocenters. The van der Waals surface area contributed by atoms with E-state index in [4.69, 9.17) is 0 Å². The average molecular weight is 310 g/mol. The lowest BCUT2D eigenvalue weighted by Crippen LogP contribution is -2.22. The topological polar surface area (TPSA) is 74.8 Å². The number of hydrazine groups is 1. The smallest absolute Gasteiger partial charge is 0.370 e. The second kappa shape index (κ2) is 5.41. The van der Waals surface area contributed by atoms with Crippen LogP contribution in [0.1, 0.15) is 29.9 Å². The van der Waals surface area contributed by atoms with Crippen molar-refractivity contribution in [1.29, 1.82) is 0 Å².